The molecule has 34 heavy (non-hydrogen) atoms. The maximum Gasteiger partial charge on any atom is 0.255 e. The van der Waals surface area contributed by atoms with Crippen molar-refractivity contribution in [2.24, 2.45) is 0 Å². The number of nitrogens with zero attached hydrogens (tertiary/aromatic N) is 3. The number of rotatable bonds is 7. The molecule has 0 spiro atoms. The van der Waals surface area contributed by atoms with E-state index < -0.39 is 0 Å². The Kier molecular flexibility index (Phi) is 5.82. The summed E-state index contributed by atoms with van der Waals surface area (Å²) in [6, 6.07) is 21.2. The van der Waals surface area contributed by atoms with Gasteiger partial charge in [-0.15, -0.1) is 0 Å². The molecular weight excluding hydrogens is 426 g/mol. The third-order valence-corrected chi connectivity index (χ3v) is 5.91. The summed E-state index contributed by atoms with van der Waals surface area (Å²) < 4.78 is 4.12. The number of anilines is 2. The summed E-state index contributed by atoms with van der Waals surface area (Å²) in [7, 11) is 0. The quantitative estimate of drug-likeness (QED) is 0.353. The molecule has 2 amide bonds. The van der Waals surface area contributed by atoms with Crippen LogP contribution >= 0.6 is 0 Å². The largest absolute Gasteiger partial charge is 0.341 e. The number of para-hydroxylation sites is 1. The van der Waals surface area contributed by atoms with Crippen molar-refractivity contribution in [3.8, 4) is 0 Å². The number of fused-ring (bicyclic) bond motifs is 3. The van der Waals surface area contributed by atoms with Gasteiger partial charge in [0.05, 0.1) is 6.33 Å². The van der Waals surface area contributed by atoms with Crippen LogP contribution in [0.3, 0.4) is 0 Å². The van der Waals surface area contributed by atoms with Gasteiger partial charge in [-0.2, -0.15) is 0 Å². The van der Waals surface area contributed by atoms with Gasteiger partial charge in [0.15, 0.2) is 0 Å². The van der Waals surface area contributed by atoms with Crippen LogP contribution in [-0.2, 0) is 17.9 Å². The normalized spacial score (nSPS) is 11.1. The van der Waals surface area contributed by atoms with Crippen molar-refractivity contribution >= 4 is 45.0 Å². The number of amides is 2. The minimum Gasteiger partial charge on any atom is -0.341 e. The molecule has 5 rings (SSSR count). The predicted molar refractivity (Wildman–Crippen MR) is 135 cm³/mol. The summed E-state index contributed by atoms with van der Waals surface area (Å²) in [4.78, 5) is 29.2. The Morgan fingerprint density at radius 2 is 1.71 bits per heavy atom. The maximum absolute atomic E-state index is 13.0. The first-order valence-electron chi connectivity index (χ1n) is 11.3. The van der Waals surface area contributed by atoms with Gasteiger partial charge in [-0.25, -0.2) is 4.98 Å². The average molecular weight is 452 g/mol. The zero-order valence-corrected chi connectivity index (χ0v) is 18.9. The number of benzene rings is 3. The Morgan fingerprint density at radius 1 is 0.882 bits per heavy atom. The van der Waals surface area contributed by atoms with Crippen LogP contribution in [-0.4, -0.2) is 25.9 Å². The van der Waals surface area contributed by atoms with Crippen molar-refractivity contribution in [1.29, 1.82) is 0 Å². The van der Waals surface area contributed by atoms with E-state index in [0.717, 1.165) is 28.5 Å². The first kappa shape index (κ1) is 21.5. The van der Waals surface area contributed by atoms with Crippen LogP contribution in [0, 0.1) is 0 Å². The maximum atomic E-state index is 13.0. The number of aromatic nitrogens is 3. The zero-order valence-electron chi connectivity index (χ0n) is 18.9. The molecule has 2 N–H and O–H groups in total. The lowest BCUT2D eigenvalue weighted by Gasteiger charge is -2.09. The van der Waals surface area contributed by atoms with Gasteiger partial charge in [-0.1, -0.05) is 24.3 Å². The van der Waals surface area contributed by atoms with Crippen molar-refractivity contribution in [2.45, 2.75) is 26.4 Å². The molecule has 0 saturated heterocycles. The fourth-order valence-corrected chi connectivity index (χ4v) is 4.29. The van der Waals surface area contributed by atoms with Gasteiger partial charge >= 0.3 is 0 Å². The van der Waals surface area contributed by atoms with Crippen molar-refractivity contribution in [1.82, 2.24) is 14.1 Å². The number of carbonyl (C=O) groups excluding carboxylic acids is 2. The van der Waals surface area contributed by atoms with Crippen molar-refractivity contribution in [2.75, 3.05) is 10.6 Å². The summed E-state index contributed by atoms with van der Waals surface area (Å²) in [5.74, 6) is -0.350. The molecule has 0 aliphatic heterocycles. The predicted octanol–water partition coefficient (Wildman–Crippen LogP) is 5.29. The molecule has 170 valence electrons. The van der Waals surface area contributed by atoms with Gasteiger partial charge in [0, 0.05) is 70.6 Å². The van der Waals surface area contributed by atoms with Gasteiger partial charge in [-0.3, -0.25) is 9.59 Å². The van der Waals surface area contributed by atoms with E-state index in [0.29, 0.717) is 24.2 Å². The summed E-state index contributed by atoms with van der Waals surface area (Å²) in [5, 5.41) is 8.13. The van der Waals surface area contributed by atoms with E-state index in [1.165, 1.54) is 5.52 Å². The molecule has 5 aromatic rings. The Bertz CT molecular complexity index is 1480. The minimum absolute atomic E-state index is 0.121. The van der Waals surface area contributed by atoms with Crippen LogP contribution in [0.2, 0.25) is 0 Å². The summed E-state index contributed by atoms with van der Waals surface area (Å²) >= 11 is 0. The first-order chi connectivity index (χ1) is 16.6. The summed E-state index contributed by atoms with van der Waals surface area (Å²) in [5.41, 5.74) is 4.11. The highest BCUT2D eigenvalue weighted by Crippen LogP contribution is 2.31. The highest BCUT2D eigenvalue weighted by molar-refractivity contribution is 6.11. The lowest BCUT2D eigenvalue weighted by atomic mass is 10.1. The molecule has 0 unspecified atom stereocenters. The standard InChI is InChI=1S/C27H25N5O2/c1-2-32-24-9-4-3-8-22(24)23-17-21(10-11-25(23)32)30-27(34)19-6-5-7-20(16-19)29-26(33)12-14-31-15-13-28-18-31/h3-11,13,15-18H,2,12,14H2,1H3,(H,29,33)(H,30,34). The molecule has 2 aromatic heterocycles. The molecule has 7 nitrogen and oxygen atoms in total. The van der Waals surface area contributed by atoms with E-state index in [1.54, 1.807) is 36.8 Å². The van der Waals surface area contributed by atoms with Crippen LogP contribution in [0.15, 0.2) is 85.5 Å². The third-order valence-electron chi connectivity index (χ3n) is 5.91. The SMILES string of the molecule is CCn1c2ccccc2c2cc(NC(=O)c3cccc(NC(=O)CCn4ccnc4)c3)ccc21. The zero-order chi connectivity index (χ0) is 23.5. The van der Waals surface area contributed by atoms with Crippen LogP contribution < -0.4 is 10.6 Å². The van der Waals surface area contributed by atoms with Crippen molar-refractivity contribution in [3.05, 3.63) is 91.0 Å². The van der Waals surface area contributed by atoms with Gasteiger partial charge in [-0.05, 0) is 49.4 Å². The second-order valence-corrected chi connectivity index (χ2v) is 8.13. The Hall–Kier alpha value is -4.39. The van der Waals surface area contributed by atoms with E-state index in [9.17, 15) is 9.59 Å². The number of carbonyl (C=O) groups is 2. The van der Waals surface area contributed by atoms with Crippen LogP contribution in [0.25, 0.3) is 21.8 Å². The molecule has 0 aliphatic carbocycles. The average Bonchev–Trinajstić information content (AvgIpc) is 3.49. The topological polar surface area (TPSA) is 81.0 Å². The Morgan fingerprint density at radius 3 is 2.53 bits per heavy atom. The number of hydrogen-bond acceptors (Lipinski definition) is 3. The molecule has 0 saturated carbocycles. The highest BCUT2D eigenvalue weighted by Gasteiger charge is 2.12. The molecule has 3 aromatic carbocycles. The third kappa shape index (κ3) is 4.28. The van der Waals surface area contributed by atoms with Crippen LogP contribution in [0.4, 0.5) is 11.4 Å². The summed E-state index contributed by atoms with van der Waals surface area (Å²) in [6.45, 7) is 3.55. The number of aryl methyl sites for hydroxylation is 2. The first-order valence-corrected chi connectivity index (χ1v) is 11.3. The number of imidazole rings is 1. The van der Waals surface area contributed by atoms with E-state index in [1.807, 2.05) is 41.1 Å². The van der Waals surface area contributed by atoms with Gasteiger partial charge in [0.1, 0.15) is 0 Å². The Labute approximate surface area is 197 Å². The van der Waals surface area contributed by atoms with Crippen molar-refractivity contribution in [3.63, 3.8) is 0 Å². The second-order valence-electron chi connectivity index (χ2n) is 8.13. The van der Waals surface area contributed by atoms with Gasteiger partial charge < -0.3 is 19.8 Å². The minimum atomic E-state index is -0.229. The van der Waals surface area contributed by atoms with E-state index >= 15 is 0 Å². The van der Waals surface area contributed by atoms with Crippen LogP contribution in [0.5, 0.6) is 0 Å². The molecule has 2 heterocycles. The molecule has 0 aliphatic rings. The van der Waals surface area contributed by atoms with E-state index in [2.05, 4.69) is 39.2 Å². The van der Waals surface area contributed by atoms with Gasteiger partial charge in [0.25, 0.3) is 5.91 Å². The summed E-state index contributed by atoms with van der Waals surface area (Å²) in [6.07, 6.45) is 5.49. The van der Waals surface area contributed by atoms with Crippen molar-refractivity contribution < 1.29 is 9.59 Å². The molecule has 0 radical (unpaired) electrons. The van der Waals surface area contributed by atoms with Crippen LogP contribution in [0.1, 0.15) is 23.7 Å². The molecule has 0 atom stereocenters. The molecule has 0 bridgehead atoms. The monoisotopic (exact) mass is 451 g/mol. The molecule has 0 fully saturated rings. The molecular formula is C27H25N5O2. The number of nitrogens with one attached hydrogen (secondary N) is 2. The second kappa shape index (κ2) is 9.23. The van der Waals surface area contributed by atoms with Gasteiger partial charge in [0.2, 0.25) is 5.91 Å². The Balaban J connectivity index is 1.31. The lowest BCUT2D eigenvalue weighted by Crippen LogP contribution is -2.15. The number of hydrogen-bond donors (Lipinski definition) is 2. The lowest BCUT2D eigenvalue weighted by molar-refractivity contribution is -0.116. The molecule has 7 heteroatoms. The fraction of sp³-hybridized carbons (Fsp3) is 0.148. The highest BCUT2D eigenvalue weighted by atomic mass is 16.2. The fourth-order valence-electron chi connectivity index (χ4n) is 4.29. The van der Waals surface area contributed by atoms with E-state index in [4.69, 9.17) is 0 Å². The smallest absolute Gasteiger partial charge is 0.255 e. The van der Waals surface area contributed by atoms with E-state index in [-0.39, 0.29) is 11.8 Å².